The van der Waals surface area contributed by atoms with Crippen molar-refractivity contribution in [1.82, 2.24) is 14.8 Å². The number of amidine groups is 1. The summed E-state index contributed by atoms with van der Waals surface area (Å²) in [4.78, 5) is 15.0. The number of fused-ring (bicyclic) bond motifs is 2. The first kappa shape index (κ1) is 21.4. The molecule has 0 saturated carbocycles. The number of ether oxygens (including phenoxy) is 1. The highest BCUT2D eigenvalue weighted by Gasteiger charge is 2.25. The molecule has 0 atom stereocenters. The fraction of sp³-hybridized carbons (Fsp3) is 0.385. The number of rotatable bonds is 4. The molecule has 1 aromatic heterocycles. The SMILES string of the molecule is Cc1ccc(N=C2Sc3nc4cc(C)cc(C)c4cc3CN2CCN2CCOCC2)cc1. The highest BCUT2D eigenvalue weighted by Crippen LogP contribution is 2.35. The molecular formula is C26H30N4OS. The zero-order chi connectivity index (χ0) is 22.1. The highest BCUT2D eigenvalue weighted by molar-refractivity contribution is 8.13. The lowest BCUT2D eigenvalue weighted by Gasteiger charge is -2.34. The third-order valence-corrected chi connectivity index (χ3v) is 7.27. The van der Waals surface area contributed by atoms with Gasteiger partial charge in [-0.05, 0) is 67.9 Å². The van der Waals surface area contributed by atoms with E-state index in [1.165, 1.54) is 27.6 Å². The van der Waals surface area contributed by atoms with E-state index in [0.717, 1.165) is 67.3 Å². The average molecular weight is 447 g/mol. The summed E-state index contributed by atoms with van der Waals surface area (Å²) >= 11 is 1.70. The van der Waals surface area contributed by atoms with E-state index in [0.29, 0.717) is 0 Å². The number of benzene rings is 2. The fourth-order valence-electron chi connectivity index (χ4n) is 4.36. The summed E-state index contributed by atoms with van der Waals surface area (Å²) in [6.07, 6.45) is 0. The number of hydrogen-bond acceptors (Lipinski definition) is 5. The van der Waals surface area contributed by atoms with Crippen LogP contribution in [0.25, 0.3) is 10.9 Å². The Bertz CT molecular complexity index is 1150. The zero-order valence-corrected chi connectivity index (χ0v) is 19.9. The van der Waals surface area contributed by atoms with Crippen LogP contribution in [0.5, 0.6) is 0 Å². The average Bonchev–Trinajstić information content (AvgIpc) is 2.79. The highest BCUT2D eigenvalue weighted by atomic mass is 32.2. The van der Waals surface area contributed by atoms with Crippen LogP contribution in [0, 0.1) is 20.8 Å². The monoisotopic (exact) mass is 446 g/mol. The molecule has 0 unspecified atom stereocenters. The lowest BCUT2D eigenvalue weighted by atomic mass is 10.0. The van der Waals surface area contributed by atoms with E-state index in [4.69, 9.17) is 14.7 Å². The van der Waals surface area contributed by atoms with Crippen LogP contribution in [0.1, 0.15) is 22.3 Å². The normalized spacial score (nSPS) is 18.3. The Morgan fingerprint density at radius 2 is 1.75 bits per heavy atom. The van der Waals surface area contributed by atoms with Crippen LogP contribution >= 0.6 is 11.8 Å². The summed E-state index contributed by atoms with van der Waals surface area (Å²) in [7, 11) is 0. The third kappa shape index (κ3) is 4.68. The summed E-state index contributed by atoms with van der Waals surface area (Å²) in [5, 5.41) is 3.36. The van der Waals surface area contributed by atoms with Gasteiger partial charge in [-0.3, -0.25) is 4.90 Å². The maximum absolute atomic E-state index is 5.52. The maximum atomic E-state index is 5.52. The van der Waals surface area contributed by atoms with E-state index in [1.54, 1.807) is 11.8 Å². The van der Waals surface area contributed by atoms with E-state index >= 15 is 0 Å². The Hall–Kier alpha value is -2.41. The molecule has 5 nitrogen and oxygen atoms in total. The van der Waals surface area contributed by atoms with Crippen molar-refractivity contribution in [1.29, 1.82) is 0 Å². The molecule has 6 heteroatoms. The van der Waals surface area contributed by atoms with E-state index in [1.807, 2.05) is 0 Å². The Labute approximate surface area is 194 Å². The van der Waals surface area contributed by atoms with Crippen molar-refractivity contribution < 1.29 is 4.74 Å². The van der Waals surface area contributed by atoms with Gasteiger partial charge in [0.2, 0.25) is 0 Å². The van der Waals surface area contributed by atoms with Crippen molar-refractivity contribution in [2.24, 2.45) is 4.99 Å². The van der Waals surface area contributed by atoms with E-state index in [9.17, 15) is 0 Å². The molecule has 0 amide bonds. The Morgan fingerprint density at radius 1 is 0.969 bits per heavy atom. The van der Waals surface area contributed by atoms with Gasteiger partial charge in [0.05, 0.1) is 24.4 Å². The van der Waals surface area contributed by atoms with Crippen LogP contribution in [-0.2, 0) is 11.3 Å². The molecule has 0 N–H and O–H groups in total. The minimum atomic E-state index is 0.830. The third-order valence-electron chi connectivity index (χ3n) is 6.19. The predicted molar refractivity (Wildman–Crippen MR) is 133 cm³/mol. The Kier molecular flexibility index (Phi) is 6.17. The van der Waals surface area contributed by atoms with Crippen molar-refractivity contribution in [2.45, 2.75) is 32.3 Å². The summed E-state index contributed by atoms with van der Waals surface area (Å²) in [6, 6.07) is 15.2. The van der Waals surface area contributed by atoms with E-state index in [-0.39, 0.29) is 0 Å². The number of pyridine rings is 1. The number of hydrogen-bond donors (Lipinski definition) is 0. The van der Waals surface area contributed by atoms with Crippen molar-refractivity contribution in [3.05, 3.63) is 64.7 Å². The molecule has 0 bridgehead atoms. The zero-order valence-electron chi connectivity index (χ0n) is 19.1. The van der Waals surface area contributed by atoms with Crippen LogP contribution in [0.2, 0.25) is 0 Å². The van der Waals surface area contributed by atoms with Crippen LogP contribution in [-0.4, -0.2) is 59.3 Å². The molecule has 0 aliphatic carbocycles. The molecule has 2 aliphatic rings. The Morgan fingerprint density at radius 3 is 2.53 bits per heavy atom. The van der Waals surface area contributed by atoms with Gasteiger partial charge in [-0.1, -0.05) is 23.8 Å². The van der Waals surface area contributed by atoms with Gasteiger partial charge in [0.1, 0.15) is 5.03 Å². The lowest BCUT2D eigenvalue weighted by molar-refractivity contribution is 0.0358. The summed E-state index contributed by atoms with van der Waals surface area (Å²) in [5.41, 5.74) is 7.15. The van der Waals surface area contributed by atoms with E-state index < -0.39 is 0 Å². The molecule has 3 heterocycles. The van der Waals surface area contributed by atoms with Gasteiger partial charge in [-0.25, -0.2) is 9.98 Å². The number of thioether (sulfide) groups is 1. The molecule has 5 rings (SSSR count). The minimum Gasteiger partial charge on any atom is -0.379 e. The molecule has 3 aromatic rings. The minimum absolute atomic E-state index is 0.830. The Balaban J connectivity index is 1.48. The van der Waals surface area contributed by atoms with Gasteiger partial charge in [-0.2, -0.15) is 0 Å². The first-order valence-corrected chi connectivity index (χ1v) is 12.2. The van der Waals surface area contributed by atoms with Crippen molar-refractivity contribution in [3.63, 3.8) is 0 Å². The molecule has 1 saturated heterocycles. The van der Waals surface area contributed by atoms with Gasteiger partial charge in [0.25, 0.3) is 0 Å². The second-order valence-electron chi connectivity index (χ2n) is 8.81. The first-order valence-electron chi connectivity index (χ1n) is 11.3. The largest absolute Gasteiger partial charge is 0.379 e. The van der Waals surface area contributed by atoms with Crippen LogP contribution < -0.4 is 0 Å². The first-order chi connectivity index (χ1) is 15.5. The van der Waals surface area contributed by atoms with Crippen molar-refractivity contribution >= 4 is 33.5 Å². The predicted octanol–water partition coefficient (Wildman–Crippen LogP) is 5.09. The molecule has 166 valence electrons. The molecule has 0 spiro atoms. The van der Waals surface area contributed by atoms with Crippen LogP contribution in [0.4, 0.5) is 5.69 Å². The van der Waals surface area contributed by atoms with E-state index in [2.05, 4.69) is 73.0 Å². The molecule has 0 radical (unpaired) electrons. The summed E-state index contributed by atoms with van der Waals surface area (Å²) in [6.45, 7) is 12.9. The number of morpholine rings is 1. The maximum Gasteiger partial charge on any atom is 0.171 e. The fourth-order valence-corrected chi connectivity index (χ4v) is 5.37. The number of nitrogens with zero attached hydrogens (tertiary/aromatic N) is 4. The van der Waals surface area contributed by atoms with Gasteiger partial charge >= 0.3 is 0 Å². The molecule has 32 heavy (non-hydrogen) atoms. The molecule has 2 aromatic carbocycles. The van der Waals surface area contributed by atoms with Gasteiger partial charge in [0, 0.05) is 43.7 Å². The lowest BCUT2D eigenvalue weighted by Crippen LogP contribution is -2.43. The summed E-state index contributed by atoms with van der Waals surface area (Å²) in [5.74, 6) is 0. The summed E-state index contributed by atoms with van der Waals surface area (Å²) < 4.78 is 5.52. The second kappa shape index (κ2) is 9.22. The van der Waals surface area contributed by atoms with Crippen molar-refractivity contribution in [3.8, 4) is 0 Å². The number of aryl methyl sites for hydroxylation is 3. The molecule has 1 fully saturated rings. The smallest absolute Gasteiger partial charge is 0.171 e. The number of aromatic nitrogens is 1. The quantitative estimate of drug-likeness (QED) is 0.558. The van der Waals surface area contributed by atoms with Gasteiger partial charge in [0.15, 0.2) is 5.17 Å². The van der Waals surface area contributed by atoms with Crippen molar-refractivity contribution in [2.75, 3.05) is 39.4 Å². The van der Waals surface area contributed by atoms with Gasteiger partial charge < -0.3 is 9.64 Å². The van der Waals surface area contributed by atoms with Crippen LogP contribution in [0.15, 0.2) is 52.5 Å². The van der Waals surface area contributed by atoms with Gasteiger partial charge in [-0.15, -0.1) is 0 Å². The van der Waals surface area contributed by atoms with Crippen LogP contribution in [0.3, 0.4) is 0 Å². The molecule has 2 aliphatic heterocycles. The molecular weight excluding hydrogens is 416 g/mol. The number of aliphatic imine (C=N–C) groups is 1. The standard InChI is InChI=1S/C26H30N4OS/c1-18-4-6-22(7-5-18)27-26-30(9-8-29-10-12-31-13-11-29)17-21-16-23-20(3)14-19(2)15-24(23)28-25(21)32-26/h4-7,14-16H,8-13,17H2,1-3H3. The topological polar surface area (TPSA) is 41.0 Å². The second-order valence-corrected chi connectivity index (χ2v) is 9.76.